The number of nitrogens with one attached hydrogen (secondary N) is 1. The molecule has 0 aliphatic carbocycles. The minimum absolute atomic E-state index is 0.00529. The summed E-state index contributed by atoms with van der Waals surface area (Å²) < 4.78 is 7.20. The molecule has 6 heteroatoms. The normalized spacial score (nSPS) is 10.6. The molecule has 0 spiro atoms. The summed E-state index contributed by atoms with van der Waals surface area (Å²) in [5.74, 6) is 0. The lowest BCUT2D eigenvalue weighted by atomic mass is 10.3. The average molecular weight is 345 g/mol. The van der Waals surface area contributed by atoms with E-state index in [1.807, 2.05) is 28.7 Å². The Labute approximate surface area is 112 Å². The van der Waals surface area contributed by atoms with Crippen molar-refractivity contribution in [1.82, 2.24) is 14.9 Å². The Hall–Kier alpha value is -1.15. The van der Waals surface area contributed by atoms with Crippen molar-refractivity contribution in [3.05, 3.63) is 50.6 Å². The van der Waals surface area contributed by atoms with Crippen LogP contribution in [0.25, 0.3) is 0 Å². The molecule has 0 saturated carbocycles. The molecule has 2 rings (SSSR count). The first-order chi connectivity index (χ1) is 8.27. The lowest BCUT2D eigenvalue weighted by Crippen LogP contribution is -2.28. The number of hydrogen-bond donors (Lipinski definition) is 1. The largest absolute Gasteiger partial charge is 0.472 e. The van der Waals surface area contributed by atoms with Gasteiger partial charge in [0.1, 0.15) is 0 Å². The highest BCUT2D eigenvalue weighted by atomic mass is 127. The molecule has 90 valence electrons. The third-order valence-corrected chi connectivity index (χ3v) is 3.04. The molecule has 0 aliphatic heterocycles. The van der Waals surface area contributed by atoms with Gasteiger partial charge in [-0.25, -0.2) is 4.98 Å². The van der Waals surface area contributed by atoms with E-state index in [2.05, 4.69) is 10.3 Å². The van der Waals surface area contributed by atoms with Gasteiger partial charge < -0.3 is 9.73 Å². The molecule has 0 unspecified atom stereocenters. The Kier molecular flexibility index (Phi) is 4.32. The molecule has 0 radical (unpaired) electrons. The minimum atomic E-state index is 0.00529. The van der Waals surface area contributed by atoms with E-state index in [1.54, 1.807) is 29.6 Å². The number of hydrogen-bond acceptors (Lipinski definition) is 4. The average Bonchev–Trinajstić information content (AvgIpc) is 2.83. The zero-order valence-electron chi connectivity index (χ0n) is 9.10. The molecule has 2 aromatic rings. The highest BCUT2D eigenvalue weighted by Crippen LogP contribution is 1.98. The lowest BCUT2D eigenvalue weighted by Gasteiger charge is -2.06. The first-order valence-corrected chi connectivity index (χ1v) is 6.27. The van der Waals surface area contributed by atoms with E-state index >= 15 is 0 Å². The maximum absolute atomic E-state index is 11.7. The molecule has 0 aromatic carbocycles. The number of aromatic nitrogens is 2. The monoisotopic (exact) mass is 345 g/mol. The zero-order valence-corrected chi connectivity index (χ0v) is 11.3. The van der Waals surface area contributed by atoms with Crippen molar-refractivity contribution in [3.63, 3.8) is 0 Å². The molecular formula is C11H12IN3O2. The molecule has 2 aromatic heterocycles. The van der Waals surface area contributed by atoms with E-state index < -0.39 is 0 Å². The maximum atomic E-state index is 11.7. The van der Waals surface area contributed by atoms with E-state index in [-0.39, 0.29) is 5.56 Å². The van der Waals surface area contributed by atoms with Gasteiger partial charge in [-0.1, -0.05) is 0 Å². The van der Waals surface area contributed by atoms with E-state index in [9.17, 15) is 4.79 Å². The van der Waals surface area contributed by atoms with Gasteiger partial charge in [0.25, 0.3) is 5.56 Å². The van der Waals surface area contributed by atoms with Crippen LogP contribution in [0.4, 0.5) is 0 Å². The number of rotatable bonds is 5. The predicted molar refractivity (Wildman–Crippen MR) is 71.6 cm³/mol. The van der Waals surface area contributed by atoms with Crippen LogP contribution in [0, 0.1) is 3.57 Å². The Bertz CT molecular complexity index is 522. The van der Waals surface area contributed by atoms with Gasteiger partial charge in [-0.05, 0) is 28.7 Å². The Balaban J connectivity index is 1.82. The van der Waals surface area contributed by atoms with Crippen LogP contribution in [-0.4, -0.2) is 16.1 Å². The Morgan fingerprint density at radius 2 is 2.41 bits per heavy atom. The van der Waals surface area contributed by atoms with Gasteiger partial charge in [0.05, 0.1) is 22.4 Å². The lowest BCUT2D eigenvalue weighted by molar-refractivity contribution is 0.552. The van der Waals surface area contributed by atoms with Crippen molar-refractivity contribution in [2.45, 2.75) is 13.1 Å². The fraction of sp³-hybridized carbons (Fsp3) is 0.273. The number of furan rings is 1. The first kappa shape index (κ1) is 12.3. The predicted octanol–water partition coefficient (Wildman–Crippen LogP) is 1.23. The minimum Gasteiger partial charge on any atom is -0.472 e. The second kappa shape index (κ2) is 5.97. The summed E-state index contributed by atoms with van der Waals surface area (Å²) in [5, 5.41) is 3.23. The van der Waals surface area contributed by atoms with E-state index in [0.29, 0.717) is 16.7 Å². The fourth-order valence-electron chi connectivity index (χ4n) is 1.41. The van der Waals surface area contributed by atoms with Crippen LogP contribution in [0.3, 0.4) is 0 Å². The van der Waals surface area contributed by atoms with E-state index in [4.69, 9.17) is 4.42 Å². The summed E-state index contributed by atoms with van der Waals surface area (Å²) in [6.45, 7) is 2.07. The van der Waals surface area contributed by atoms with Crippen LogP contribution in [0.2, 0.25) is 0 Å². The molecular weight excluding hydrogens is 333 g/mol. The SMILES string of the molecule is O=c1c(I)cncn1CCNCc1ccoc1. The molecule has 2 heterocycles. The van der Waals surface area contributed by atoms with Crippen molar-refractivity contribution >= 4 is 22.6 Å². The summed E-state index contributed by atoms with van der Waals surface area (Å²) in [5.41, 5.74) is 1.10. The second-order valence-corrected chi connectivity index (χ2v) is 4.71. The molecule has 0 atom stereocenters. The summed E-state index contributed by atoms with van der Waals surface area (Å²) >= 11 is 1.99. The van der Waals surface area contributed by atoms with Gasteiger partial charge in [0.15, 0.2) is 0 Å². The second-order valence-electron chi connectivity index (χ2n) is 3.55. The summed E-state index contributed by atoms with van der Waals surface area (Å²) in [4.78, 5) is 15.7. The molecule has 0 bridgehead atoms. The van der Waals surface area contributed by atoms with Gasteiger partial charge in [-0.3, -0.25) is 9.36 Å². The van der Waals surface area contributed by atoms with E-state index in [1.165, 1.54) is 0 Å². The smallest absolute Gasteiger partial charge is 0.266 e. The van der Waals surface area contributed by atoms with E-state index in [0.717, 1.165) is 12.1 Å². The van der Waals surface area contributed by atoms with Gasteiger partial charge in [0, 0.05) is 31.4 Å². The van der Waals surface area contributed by atoms with Crippen LogP contribution in [-0.2, 0) is 13.1 Å². The third-order valence-electron chi connectivity index (χ3n) is 2.30. The summed E-state index contributed by atoms with van der Waals surface area (Å²) in [6.07, 6.45) is 6.47. The molecule has 17 heavy (non-hydrogen) atoms. The van der Waals surface area contributed by atoms with Gasteiger partial charge >= 0.3 is 0 Å². The van der Waals surface area contributed by atoms with Gasteiger partial charge in [-0.15, -0.1) is 0 Å². The van der Waals surface area contributed by atoms with Crippen molar-refractivity contribution in [1.29, 1.82) is 0 Å². The fourth-order valence-corrected chi connectivity index (χ4v) is 1.88. The number of halogens is 1. The molecule has 0 saturated heterocycles. The molecule has 0 aliphatic rings. The Morgan fingerprint density at radius 1 is 1.53 bits per heavy atom. The first-order valence-electron chi connectivity index (χ1n) is 5.19. The zero-order chi connectivity index (χ0) is 12.1. The van der Waals surface area contributed by atoms with Crippen LogP contribution < -0.4 is 10.9 Å². The van der Waals surface area contributed by atoms with Crippen LogP contribution in [0.1, 0.15) is 5.56 Å². The van der Waals surface area contributed by atoms with Gasteiger partial charge in [0.2, 0.25) is 0 Å². The molecule has 0 fully saturated rings. The maximum Gasteiger partial charge on any atom is 0.266 e. The highest BCUT2D eigenvalue weighted by molar-refractivity contribution is 14.1. The van der Waals surface area contributed by atoms with Gasteiger partial charge in [-0.2, -0.15) is 0 Å². The van der Waals surface area contributed by atoms with Crippen LogP contribution >= 0.6 is 22.6 Å². The third kappa shape index (κ3) is 3.40. The van der Waals surface area contributed by atoms with Crippen molar-refractivity contribution in [3.8, 4) is 0 Å². The molecule has 5 nitrogen and oxygen atoms in total. The van der Waals surface area contributed by atoms with Crippen molar-refractivity contribution in [2.75, 3.05) is 6.54 Å². The van der Waals surface area contributed by atoms with Crippen molar-refractivity contribution < 1.29 is 4.42 Å². The standard InChI is InChI=1S/C11H12IN3O2/c12-10-6-14-8-15(11(10)16)3-2-13-5-9-1-4-17-7-9/h1,4,6-8,13H,2-3,5H2. The summed E-state index contributed by atoms with van der Waals surface area (Å²) in [6, 6.07) is 1.91. The van der Waals surface area contributed by atoms with Crippen LogP contribution in [0.5, 0.6) is 0 Å². The van der Waals surface area contributed by atoms with Crippen molar-refractivity contribution in [2.24, 2.45) is 0 Å². The summed E-state index contributed by atoms with van der Waals surface area (Å²) in [7, 11) is 0. The highest BCUT2D eigenvalue weighted by Gasteiger charge is 2.00. The Morgan fingerprint density at radius 3 is 3.18 bits per heavy atom. The molecule has 1 N–H and O–H groups in total. The topological polar surface area (TPSA) is 60.1 Å². The number of nitrogens with zero attached hydrogens (tertiary/aromatic N) is 2. The molecule has 0 amide bonds. The van der Waals surface area contributed by atoms with Crippen LogP contribution in [0.15, 0.2) is 40.3 Å². The quantitative estimate of drug-likeness (QED) is 0.654.